The molecule has 1 amide bonds. The highest BCUT2D eigenvalue weighted by atomic mass is 16.5. The van der Waals surface area contributed by atoms with E-state index in [1.54, 1.807) is 4.68 Å². The Hall–Kier alpha value is -3.61. The quantitative estimate of drug-likeness (QED) is 0.409. The second kappa shape index (κ2) is 11.2. The summed E-state index contributed by atoms with van der Waals surface area (Å²) in [5, 5.41) is 13.3. The van der Waals surface area contributed by atoms with Gasteiger partial charge in [-0.25, -0.2) is 0 Å². The van der Waals surface area contributed by atoms with Crippen molar-refractivity contribution in [1.29, 1.82) is 0 Å². The number of aryl methyl sites for hydroxylation is 2. The lowest BCUT2D eigenvalue weighted by molar-refractivity contribution is -0.137. The van der Waals surface area contributed by atoms with Gasteiger partial charge in [-0.1, -0.05) is 24.3 Å². The number of aliphatic carboxylic acids is 1. The second-order valence-electron chi connectivity index (χ2n) is 9.09. The van der Waals surface area contributed by atoms with Gasteiger partial charge in [-0.2, -0.15) is 5.10 Å². The largest absolute Gasteiger partial charge is 0.493 e. The first-order valence-corrected chi connectivity index (χ1v) is 12.3. The molecule has 0 saturated heterocycles. The minimum absolute atomic E-state index is 0.122. The molecule has 184 valence electrons. The summed E-state index contributed by atoms with van der Waals surface area (Å²) < 4.78 is 7.72. The highest BCUT2D eigenvalue weighted by Crippen LogP contribution is 2.35. The molecule has 7 nitrogen and oxygen atoms in total. The van der Waals surface area contributed by atoms with Gasteiger partial charge in [0.1, 0.15) is 5.75 Å². The lowest BCUT2D eigenvalue weighted by Gasteiger charge is -2.31. The highest BCUT2D eigenvalue weighted by molar-refractivity contribution is 5.96. The molecule has 0 spiro atoms. The van der Waals surface area contributed by atoms with Crippen molar-refractivity contribution in [1.82, 2.24) is 9.78 Å². The number of amides is 1. The number of hydrogen-bond donors (Lipinski definition) is 1. The molecule has 0 aliphatic carbocycles. The molecule has 1 aliphatic heterocycles. The molecular formula is C28H33N3O4. The van der Waals surface area contributed by atoms with Crippen molar-refractivity contribution in [3.8, 4) is 16.9 Å². The SMILES string of the molecule is Cc1cccc(OCCCC(=O)N2CCCc3c(-c4cnn(CCCC(=O)O)c4)cccc32)c1C. The lowest BCUT2D eigenvalue weighted by Crippen LogP contribution is -2.35. The summed E-state index contributed by atoms with van der Waals surface area (Å²) >= 11 is 0. The van der Waals surface area contributed by atoms with Crippen LogP contribution in [0, 0.1) is 13.8 Å². The van der Waals surface area contributed by atoms with Gasteiger partial charge in [-0.3, -0.25) is 14.3 Å². The standard InChI is InChI=1S/C28H33N3O4/c1-20-8-3-12-26(21(20)2)35-17-7-13-27(32)31-16-5-10-24-23(9-4-11-25(24)31)22-18-29-30(19-22)15-6-14-28(33)34/h3-4,8-9,11-12,18-19H,5-7,10,13-17H2,1-2H3,(H,33,34). The molecule has 7 heteroatoms. The van der Waals surface area contributed by atoms with Crippen LogP contribution >= 0.6 is 0 Å². The Labute approximate surface area is 206 Å². The molecule has 1 aromatic heterocycles. The molecule has 4 rings (SSSR count). The maximum absolute atomic E-state index is 13.1. The Morgan fingerprint density at radius 3 is 2.74 bits per heavy atom. The molecule has 2 aromatic carbocycles. The van der Waals surface area contributed by atoms with Crippen LogP contribution in [0.3, 0.4) is 0 Å². The number of carboxylic acid groups (broad SMARTS) is 1. The summed E-state index contributed by atoms with van der Waals surface area (Å²) in [5.41, 5.74) is 6.57. The van der Waals surface area contributed by atoms with Gasteiger partial charge in [0.05, 0.1) is 12.8 Å². The molecule has 0 fully saturated rings. The van der Waals surface area contributed by atoms with E-state index in [4.69, 9.17) is 9.84 Å². The molecule has 3 aromatic rings. The topological polar surface area (TPSA) is 84.7 Å². The number of carboxylic acids is 1. The van der Waals surface area contributed by atoms with Crippen LogP contribution in [0.2, 0.25) is 0 Å². The number of aromatic nitrogens is 2. The lowest BCUT2D eigenvalue weighted by atomic mass is 9.93. The zero-order chi connectivity index (χ0) is 24.8. The maximum atomic E-state index is 13.1. The van der Waals surface area contributed by atoms with Crippen molar-refractivity contribution >= 4 is 17.6 Å². The Morgan fingerprint density at radius 1 is 1.09 bits per heavy atom. The van der Waals surface area contributed by atoms with Crippen LogP contribution in [0.1, 0.15) is 48.8 Å². The van der Waals surface area contributed by atoms with Crippen LogP contribution < -0.4 is 9.64 Å². The van der Waals surface area contributed by atoms with Crippen molar-refractivity contribution in [2.75, 3.05) is 18.1 Å². The summed E-state index contributed by atoms with van der Waals surface area (Å²) in [4.78, 5) is 25.8. The Balaban J connectivity index is 1.39. The van der Waals surface area contributed by atoms with Crippen LogP contribution in [-0.4, -0.2) is 39.9 Å². The van der Waals surface area contributed by atoms with E-state index in [2.05, 4.69) is 31.1 Å². The van der Waals surface area contributed by atoms with Crippen LogP contribution in [0.4, 0.5) is 5.69 Å². The Morgan fingerprint density at radius 2 is 1.91 bits per heavy atom. The summed E-state index contributed by atoms with van der Waals surface area (Å²) in [6.07, 6.45) is 7.39. The minimum atomic E-state index is -0.795. The Kier molecular flexibility index (Phi) is 7.85. The van der Waals surface area contributed by atoms with E-state index in [0.29, 0.717) is 32.4 Å². The summed E-state index contributed by atoms with van der Waals surface area (Å²) in [5.74, 6) is 0.210. The second-order valence-corrected chi connectivity index (χ2v) is 9.09. The number of ether oxygens (including phenoxy) is 1. The molecule has 0 atom stereocenters. The van der Waals surface area contributed by atoms with Crippen LogP contribution in [0.25, 0.3) is 11.1 Å². The first kappa shape index (κ1) is 24.5. The van der Waals surface area contributed by atoms with Crippen molar-refractivity contribution in [3.63, 3.8) is 0 Å². The number of hydrogen-bond acceptors (Lipinski definition) is 4. The predicted octanol–water partition coefficient (Wildman–Crippen LogP) is 5.17. The fourth-order valence-corrected chi connectivity index (χ4v) is 4.59. The number of rotatable bonds is 10. The van der Waals surface area contributed by atoms with E-state index in [-0.39, 0.29) is 12.3 Å². The van der Waals surface area contributed by atoms with Gasteiger partial charge in [0.25, 0.3) is 0 Å². The molecule has 0 bridgehead atoms. The molecule has 2 heterocycles. The summed E-state index contributed by atoms with van der Waals surface area (Å²) in [6, 6.07) is 12.1. The molecular weight excluding hydrogens is 442 g/mol. The fraction of sp³-hybridized carbons (Fsp3) is 0.393. The van der Waals surface area contributed by atoms with E-state index in [1.165, 1.54) is 11.1 Å². The molecule has 0 unspecified atom stereocenters. The minimum Gasteiger partial charge on any atom is -0.493 e. The summed E-state index contributed by atoms with van der Waals surface area (Å²) in [6.45, 7) is 5.92. The van der Waals surface area contributed by atoms with Gasteiger partial charge in [0, 0.05) is 43.4 Å². The zero-order valence-corrected chi connectivity index (χ0v) is 20.5. The average Bonchev–Trinajstić information content (AvgIpc) is 3.32. The van der Waals surface area contributed by atoms with Crippen molar-refractivity contribution in [2.24, 2.45) is 0 Å². The van der Waals surface area contributed by atoms with Crippen molar-refractivity contribution in [3.05, 3.63) is 65.5 Å². The molecule has 1 N–H and O–H groups in total. The third kappa shape index (κ3) is 5.91. The van der Waals surface area contributed by atoms with E-state index < -0.39 is 5.97 Å². The number of anilines is 1. The normalized spacial score (nSPS) is 12.9. The predicted molar refractivity (Wildman–Crippen MR) is 136 cm³/mol. The van der Waals surface area contributed by atoms with E-state index >= 15 is 0 Å². The molecule has 35 heavy (non-hydrogen) atoms. The van der Waals surface area contributed by atoms with Crippen LogP contribution in [0.15, 0.2) is 48.8 Å². The third-order valence-electron chi connectivity index (χ3n) is 6.62. The van der Waals surface area contributed by atoms with Crippen LogP contribution in [-0.2, 0) is 22.6 Å². The highest BCUT2D eigenvalue weighted by Gasteiger charge is 2.24. The monoisotopic (exact) mass is 475 g/mol. The zero-order valence-electron chi connectivity index (χ0n) is 20.5. The number of carbonyl (C=O) groups excluding carboxylic acids is 1. The number of fused-ring (bicyclic) bond motifs is 1. The van der Waals surface area contributed by atoms with Gasteiger partial charge in [0.2, 0.25) is 5.91 Å². The van der Waals surface area contributed by atoms with Gasteiger partial charge in [-0.05, 0) is 73.9 Å². The molecule has 1 aliphatic rings. The van der Waals surface area contributed by atoms with E-state index in [9.17, 15) is 9.59 Å². The molecule has 0 radical (unpaired) electrons. The smallest absolute Gasteiger partial charge is 0.303 e. The Bertz CT molecular complexity index is 1200. The number of nitrogens with zero attached hydrogens (tertiary/aromatic N) is 3. The van der Waals surface area contributed by atoms with Gasteiger partial charge < -0.3 is 14.7 Å². The summed E-state index contributed by atoms with van der Waals surface area (Å²) in [7, 11) is 0. The van der Waals surface area contributed by atoms with Gasteiger partial charge >= 0.3 is 5.97 Å². The fourth-order valence-electron chi connectivity index (χ4n) is 4.59. The van der Waals surface area contributed by atoms with Crippen molar-refractivity contribution < 1.29 is 19.4 Å². The first-order chi connectivity index (χ1) is 16.9. The number of benzene rings is 2. The molecule has 0 saturated carbocycles. The average molecular weight is 476 g/mol. The van der Waals surface area contributed by atoms with Gasteiger partial charge in [-0.15, -0.1) is 0 Å². The van der Waals surface area contributed by atoms with Gasteiger partial charge in [0.15, 0.2) is 0 Å². The first-order valence-electron chi connectivity index (χ1n) is 12.3. The maximum Gasteiger partial charge on any atom is 0.303 e. The van der Waals surface area contributed by atoms with Crippen LogP contribution in [0.5, 0.6) is 5.75 Å². The third-order valence-corrected chi connectivity index (χ3v) is 6.62. The number of carbonyl (C=O) groups is 2. The van der Waals surface area contributed by atoms with Crippen molar-refractivity contribution in [2.45, 2.75) is 58.9 Å². The van der Waals surface area contributed by atoms with E-state index in [0.717, 1.165) is 47.5 Å². The van der Waals surface area contributed by atoms with E-state index in [1.807, 2.05) is 41.6 Å².